The third kappa shape index (κ3) is 5.91. The first kappa shape index (κ1) is 30.8. The van der Waals surface area contributed by atoms with E-state index in [4.69, 9.17) is 16.6 Å². The summed E-state index contributed by atoms with van der Waals surface area (Å²) in [5, 5.41) is 10.5. The number of hydrogen-bond donors (Lipinski definition) is 1. The van der Waals surface area contributed by atoms with Crippen LogP contribution in [0.1, 0.15) is 36.6 Å². The van der Waals surface area contributed by atoms with Gasteiger partial charge in [0.05, 0.1) is 40.3 Å². The number of pyridine rings is 2. The summed E-state index contributed by atoms with van der Waals surface area (Å²) >= 11 is 6.77. The van der Waals surface area contributed by atoms with Gasteiger partial charge in [-0.1, -0.05) is 44.2 Å². The SMILES string of the molecule is C=CC(=O)N1CCN(/C(=N/C)c2cc(Cl)c(-c3ccccc3F)nc2N(C=O)c2c(C)ccnc2C(C)C)C(CO)C1. The molecule has 0 aliphatic carbocycles. The van der Waals surface area contributed by atoms with Crippen LogP contribution < -0.4 is 4.90 Å². The highest BCUT2D eigenvalue weighted by Gasteiger charge is 2.34. The zero-order chi connectivity index (χ0) is 30.6. The summed E-state index contributed by atoms with van der Waals surface area (Å²) < 4.78 is 15.0. The summed E-state index contributed by atoms with van der Waals surface area (Å²) in [5.41, 5.74) is 2.74. The van der Waals surface area contributed by atoms with Crippen molar-refractivity contribution >= 4 is 41.3 Å². The van der Waals surface area contributed by atoms with Crippen LogP contribution in [-0.2, 0) is 9.59 Å². The summed E-state index contributed by atoms with van der Waals surface area (Å²) in [4.78, 5) is 44.1. The molecule has 4 rings (SSSR count). The van der Waals surface area contributed by atoms with E-state index < -0.39 is 11.9 Å². The number of amidine groups is 1. The molecular formula is C31H34ClFN6O3. The fourth-order valence-electron chi connectivity index (χ4n) is 5.21. The molecule has 0 bridgehead atoms. The van der Waals surface area contributed by atoms with Crippen molar-refractivity contribution < 1.29 is 19.1 Å². The van der Waals surface area contributed by atoms with Gasteiger partial charge in [-0.05, 0) is 48.7 Å². The lowest BCUT2D eigenvalue weighted by atomic mass is 10.0. The first-order valence-corrected chi connectivity index (χ1v) is 14.0. The van der Waals surface area contributed by atoms with E-state index >= 15 is 0 Å². The molecule has 1 aliphatic rings. The molecule has 3 heterocycles. The van der Waals surface area contributed by atoms with Gasteiger partial charge in [-0.15, -0.1) is 0 Å². The highest BCUT2D eigenvalue weighted by molar-refractivity contribution is 6.33. The molecule has 1 fully saturated rings. The minimum atomic E-state index is -0.517. The minimum Gasteiger partial charge on any atom is -0.394 e. The normalized spacial score (nSPS) is 15.6. The number of nitrogens with zero attached hydrogens (tertiary/aromatic N) is 6. The Balaban J connectivity index is 1.97. The van der Waals surface area contributed by atoms with Crippen molar-refractivity contribution in [3.8, 4) is 11.3 Å². The molecule has 1 unspecified atom stereocenters. The second-order valence-electron chi connectivity index (χ2n) is 10.2. The van der Waals surface area contributed by atoms with E-state index in [-0.39, 0.29) is 47.1 Å². The van der Waals surface area contributed by atoms with Gasteiger partial charge in [0.2, 0.25) is 12.3 Å². The molecule has 1 aromatic carbocycles. The Morgan fingerprint density at radius 3 is 2.67 bits per heavy atom. The number of aliphatic imine (C=N–C) groups is 1. The average Bonchev–Trinajstić information content (AvgIpc) is 2.99. The largest absolute Gasteiger partial charge is 0.394 e. The van der Waals surface area contributed by atoms with Crippen LogP contribution in [0.4, 0.5) is 15.9 Å². The van der Waals surface area contributed by atoms with E-state index in [9.17, 15) is 19.1 Å². The molecule has 3 aromatic rings. The second-order valence-corrected chi connectivity index (χ2v) is 10.6. The lowest BCUT2D eigenvalue weighted by Crippen LogP contribution is -2.58. The maximum atomic E-state index is 15.0. The van der Waals surface area contributed by atoms with Crippen molar-refractivity contribution in [2.75, 3.05) is 38.2 Å². The maximum Gasteiger partial charge on any atom is 0.246 e. The van der Waals surface area contributed by atoms with Crippen LogP contribution in [0, 0.1) is 12.7 Å². The Bertz CT molecular complexity index is 1530. The van der Waals surface area contributed by atoms with Crippen molar-refractivity contribution in [3.05, 3.63) is 82.9 Å². The van der Waals surface area contributed by atoms with Crippen molar-refractivity contribution in [1.82, 2.24) is 19.8 Å². The van der Waals surface area contributed by atoms with Gasteiger partial charge < -0.3 is 14.9 Å². The number of carbonyl (C=O) groups is 2. The van der Waals surface area contributed by atoms with Crippen molar-refractivity contribution in [2.45, 2.75) is 32.7 Å². The lowest BCUT2D eigenvalue weighted by molar-refractivity contribution is -0.128. The van der Waals surface area contributed by atoms with Crippen LogP contribution in [0.25, 0.3) is 11.3 Å². The van der Waals surface area contributed by atoms with Crippen molar-refractivity contribution in [3.63, 3.8) is 0 Å². The zero-order valence-corrected chi connectivity index (χ0v) is 24.8. The smallest absolute Gasteiger partial charge is 0.246 e. The number of aliphatic hydroxyl groups is 1. The van der Waals surface area contributed by atoms with Gasteiger partial charge >= 0.3 is 0 Å². The van der Waals surface area contributed by atoms with E-state index in [0.29, 0.717) is 42.3 Å². The molecule has 1 atom stereocenters. The number of carbonyl (C=O) groups excluding carboxylic acids is 2. The van der Waals surface area contributed by atoms with Crippen LogP contribution in [0.2, 0.25) is 5.02 Å². The molecule has 0 saturated carbocycles. The number of aryl methyl sites for hydroxylation is 1. The standard InChI is InChI=1S/C31H34ClFN6O3/c1-6-26(42)37-13-14-38(21(16-37)17-40)30(34-5)23-15-24(32)28(22-9-7-8-10-25(22)33)36-31(23)39(18-41)29-20(4)11-12-35-27(29)19(2)3/h6-12,15,18-19,21,40H,1,13-14,16-17H2,2-5H3/b34-30+. The number of halogens is 2. The van der Waals surface area contributed by atoms with Crippen LogP contribution >= 0.6 is 11.6 Å². The fraction of sp³-hybridized carbons (Fsp3) is 0.323. The summed E-state index contributed by atoms with van der Waals surface area (Å²) in [7, 11) is 1.59. The molecule has 0 spiro atoms. The Morgan fingerprint density at radius 2 is 2.05 bits per heavy atom. The van der Waals surface area contributed by atoms with Crippen molar-refractivity contribution in [2.24, 2.45) is 4.99 Å². The van der Waals surface area contributed by atoms with Gasteiger partial charge in [0.15, 0.2) is 5.82 Å². The molecule has 2 aromatic heterocycles. The highest BCUT2D eigenvalue weighted by Crippen LogP contribution is 2.39. The minimum absolute atomic E-state index is 0.0299. The summed E-state index contributed by atoms with van der Waals surface area (Å²) in [5.74, 6) is -0.200. The zero-order valence-electron chi connectivity index (χ0n) is 24.1. The van der Waals surface area contributed by atoms with Crippen LogP contribution in [0.15, 0.2) is 60.2 Å². The number of anilines is 2. The maximum absolute atomic E-state index is 15.0. The van der Waals surface area contributed by atoms with Crippen LogP contribution in [0.3, 0.4) is 0 Å². The van der Waals surface area contributed by atoms with Gasteiger partial charge in [0.1, 0.15) is 11.7 Å². The van der Waals surface area contributed by atoms with Gasteiger partial charge in [0.25, 0.3) is 0 Å². The Morgan fingerprint density at radius 1 is 1.31 bits per heavy atom. The molecule has 220 valence electrons. The fourth-order valence-corrected chi connectivity index (χ4v) is 5.46. The highest BCUT2D eigenvalue weighted by atomic mass is 35.5. The second kappa shape index (κ2) is 13.2. The first-order chi connectivity index (χ1) is 20.2. The molecule has 9 nitrogen and oxygen atoms in total. The molecule has 1 saturated heterocycles. The third-order valence-corrected chi connectivity index (χ3v) is 7.55. The van der Waals surface area contributed by atoms with Crippen LogP contribution in [0.5, 0.6) is 0 Å². The van der Waals surface area contributed by atoms with Gasteiger partial charge in [-0.25, -0.2) is 9.37 Å². The average molecular weight is 593 g/mol. The monoisotopic (exact) mass is 592 g/mol. The summed E-state index contributed by atoms with van der Waals surface area (Å²) in [6, 6.07) is 9.04. The number of aromatic nitrogens is 2. The Hall–Kier alpha value is -4.15. The van der Waals surface area contributed by atoms with Crippen molar-refractivity contribution in [1.29, 1.82) is 0 Å². The number of hydrogen-bond acceptors (Lipinski definition) is 6. The van der Waals surface area contributed by atoms with Gasteiger partial charge in [0, 0.05) is 38.4 Å². The molecule has 42 heavy (non-hydrogen) atoms. The van der Waals surface area contributed by atoms with E-state index in [1.54, 1.807) is 48.5 Å². The van der Waals surface area contributed by atoms with E-state index in [0.717, 1.165) is 5.56 Å². The number of piperazine rings is 1. The number of aliphatic hydroxyl groups excluding tert-OH is 1. The predicted octanol–water partition coefficient (Wildman–Crippen LogP) is 4.73. The number of amides is 2. The topological polar surface area (TPSA) is 102 Å². The third-order valence-electron chi connectivity index (χ3n) is 7.27. The van der Waals surface area contributed by atoms with E-state index in [2.05, 4.69) is 16.6 Å². The summed E-state index contributed by atoms with van der Waals surface area (Å²) in [6.07, 6.45) is 3.58. The molecule has 1 N–H and O–H groups in total. The quantitative estimate of drug-likeness (QED) is 0.176. The van der Waals surface area contributed by atoms with Gasteiger partial charge in [-0.3, -0.25) is 24.5 Å². The number of rotatable bonds is 8. The van der Waals surface area contributed by atoms with Crippen LogP contribution in [-0.4, -0.2) is 82.4 Å². The van der Waals surface area contributed by atoms with Gasteiger partial charge in [-0.2, -0.15) is 0 Å². The Labute approximate surface area is 250 Å². The molecule has 1 aliphatic heterocycles. The first-order valence-electron chi connectivity index (χ1n) is 13.6. The molecule has 0 radical (unpaired) electrons. The van der Waals surface area contributed by atoms with E-state index in [1.807, 2.05) is 25.7 Å². The Kier molecular flexibility index (Phi) is 9.70. The van der Waals surface area contributed by atoms with E-state index in [1.165, 1.54) is 17.0 Å². The predicted molar refractivity (Wildman–Crippen MR) is 163 cm³/mol. The number of benzene rings is 1. The molecule has 2 amide bonds. The summed E-state index contributed by atoms with van der Waals surface area (Å²) in [6.45, 7) is 10.1. The lowest BCUT2D eigenvalue weighted by Gasteiger charge is -2.42. The molecule has 11 heteroatoms. The molecular weight excluding hydrogens is 559 g/mol.